The van der Waals surface area contributed by atoms with Crippen LogP contribution in [0.15, 0.2) is 36.4 Å². The van der Waals surface area contributed by atoms with Gasteiger partial charge in [-0.15, -0.1) is 0 Å². The summed E-state index contributed by atoms with van der Waals surface area (Å²) in [5.74, 6) is -0.297. The predicted molar refractivity (Wildman–Crippen MR) is 65.9 cm³/mol. The fourth-order valence-corrected chi connectivity index (χ4v) is 1.29. The fourth-order valence-electron chi connectivity index (χ4n) is 1.29. The number of esters is 1. The lowest BCUT2D eigenvalue weighted by molar-refractivity contribution is -0.148. The fraction of sp³-hybridized carbons (Fsp3) is 0.357. The van der Waals surface area contributed by atoms with E-state index >= 15 is 0 Å². The summed E-state index contributed by atoms with van der Waals surface area (Å²) in [6.45, 7) is 7.48. The Morgan fingerprint density at radius 1 is 1.19 bits per heavy atom. The highest BCUT2D eigenvalue weighted by Crippen LogP contribution is 2.14. The highest BCUT2D eigenvalue weighted by atomic mass is 16.6. The SMILES string of the molecule is C/C(=C\C(=O)OC(C)(C)C)c1ccccc1. The van der Waals surface area contributed by atoms with Gasteiger partial charge in [0.1, 0.15) is 5.60 Å². The molecule has 1 aromatic carbocycles. The van der Waals surface area contributed by atoms with E-state index in [1.54, 1.807) is 0 Å². The zero-order chi connectivity index (χ0) is 12.2. The smallest absolute Gasteiger partial charge is 0.331 e. The maximum absolute atomic E-state index is 11.5. The van der Waals surface area contributed by atoms with Crippen LogP contribution in [0.4, 0.5) is 0 Å². The van der Waals surface area contributed by atoms with Crippen molar-refractivity contribution in [3.8, 4) is 0 Å². The molecule has 0 aliphatic carbocycles. The van der Waals surface area contributed by atoms with Crippen LogP contribution in [0.5, 0.6) is 0 Å². The molecule has 0 fully saturated rings. The first-order chi connectivity index (χ1) is 7.38. The minimum Gasteiger partial charge on any atom is -0.457 e. The number of rotatable bonds is 2. The molecule has 0 radical (unpaired) electrons. The summed E-state index contributed by atoms with van der Waals surface area (Å²) in [6, 6.07) is 9.78. The van der Waals surface area contributed by atoms with E-state index < -0.39 is 5.60 Å². The van der Waals surface area contributed by atoms with Crippen molar-refractivity contribution in [3.05, 3.63) is 42.0 Å². The summed E-state index contributed by atoms with van der Waals surface area (Å²) in [7, 11) is 0. The third-order valence-corrected chi connectivity index (χ3v) is 1.97. The van der Waals surface area contributed by atoms with Gasteiger partial charge < -0.3 is 4.74 Å². The van der Waals surface area contributed by atoms with Crippen LogP contribution in [0, 0.1) is 0 Å². The molecule has 0 spiro atoms. The van der Waals surface area contributed by atoms with E-state index in [4.69, 9.17) is 4.74 Å². The van der Waals surface area contributed by atoms with Crippen LogP contribution in [0.25, 0.3) is 5.57 Å². The molecule has 2 nitrogen and oxygen atoms in total. The van der Waals surface area contributed by atoms with E-state index in [1.807, 2.05) is 58.0 Å². The lowest BCUT2D eigenvalue weighted by Crippen LogP contribution is -2.22. The number of hydrogen-bond acceptors (Lipinski definition) is 2. The molecule has 0 unspecified atom stereocenters. The molecule has 0 saturated carbocycles. The topological polar surface area (TPSA) is 26.3 Å². The number of allylic oxidation sites excluding steroid dienone is 1. The number of ether oxygens (including phenoxy) is 1. The van der Waals surface area contributed by atoms with Gasteiger partial charge in [0, 0.05) is 6.08 Å². The van der Waals surface area contributed by atoms with Crippen molar-refractivity contribution in [1.29, 1.82) is 0 Å². The summed E-state index contributed by atoms with van der Waals surface area (Å²) >= 11 is 0. The second-order valence-corrected chi connectivity index (χ2v) is 4.73. The van der Waals surface area contributed by atoms with Crippen molar-refractivity contribution < 1.29 is 9.53 Å². The summed E-state index contributed by atoms with van der Waals surface area (Å²) in [5.41, 5.74) is 1.51. The predicted octanol–water partition coefficient (Wildman–Crippen LogP) is 3.43. The molecule has 0 N–H and O–H groups in total. The highest BCUT2D eigenvalue weighted by molar-refractivity contribution is 5.91. The van der Waals surface area contributed by atoms with E-state index in [0.29, 0.717) is 0 Å². The number of carbonyl (C=O) groups is 1. The van der Waals surface area contributed by atoms with Crippen LogP contribution < -0.4 is 0 Å². The molecule has 0 saturated heterocycles. The zero-order valence-corrected chi connectivity index (χ0v) is 10.3. The molecule has 0 heterocycles. The molecular formula is C14H18O2. The lowest BCUT2D eigenvalue weighted by Gasteiger charge is -2.18. The van der Waals surface area contributed by atoms with E-state index in [2.05, 4.69) is 0 Å². The second-order valence-electron chi connectivity index (χ2n) is 4.73. The Morgan fingerprint density at radius 3 is 2.25 bits per heavy atom. The quantitative estimate of drug-likeness (QED) is 0.561. The zero-order valence-electron chi connectivity index (χ0n) is 10.3. The monoisotopic (exact) mass is 218 g/mol. The van der Waals surface area contributed by atoms with Crippen LogP contribution in [-0.2, 0) is 9.53 Å². The molecule has 0 aliphatic heterocycles. The maximum Gasteiger partial charge on any atom is 0.331 e. The van der Waals surface area contributed by atoms with Gasteiger partial charge in [0.05, 0.1) is 0 Å². The Bertz CT molecular complexity index is 383. The third kappa shape index (κ3) is 4.30. The minimum atomic E-state index is -0.440. The third-order valence-electron chi connectivity index (χ3n) is 1.97. The number of hydrogen-bond donors (Lipinski definition) is 0. The first-order valence-electron chi connectivity index (χ1n) is 5.35. The van der Waals surface area contributed by atoms with Crippen molar-refractivity contribution in [1.82, 2.24) is 0 Å². The molecule has 0 atom stereocenters. The lowest BCUT2D eigenvalue weighted by atomic mass is 10.1. The second kappa shape index (κ2) is 4.97. The first kappa shape index (κ1) is 12.5. The van der Waals surface area contributed by atoms with Crippen LogP contribution in [0.2, 0.25) is 0 Å². The standard InChI is InChI=1S/C14H18O2/c1-11(12-8-6-5-7-9-12)10-13(15)16-14(2,3)4/h5-10H,1-4H3/b11-10+. The van der Waals surface area contributed by atoms with Gasteiger partial charge in [-0.25, -0.2) is 4.79 Å². The van der Waals surface area contributed by atoms with Crippen molar-refractivity contribution in [2.45, 2.75) is 33.3 Å². The molecule has 0 bridgehead atoms. The Labute approximate surface area is 96.9 Å². The molecule has 1 rings (SSSR count). The van der Waals surface area contributed by atoms with Gasteiger partial charge in [-0.2, -0.15) is 0 Å². The number of benzene rings is 1. The van der Waals surface area contributed by atoms with E-state index in [-0.39, 0.29) is 5.97 Å². The van der Waals surface area contributed by atoms with E-state index in [0.717, 1.165) is 11.1 Å². The van der Waals surface area contributed by atoms with Gasteiger partial charge in [-0.3, -0.25) is 0 Å². The molecule has 86 valence electrons. The Kier molecular flexibility index (Phi) is 3.88. The molecular weight excluding hydrogens is 200 g/mol. The van der Waals surface area contributed by atoms with Crippen molar-refractivity contribution in [2.75, 3.05) is 0 Å². The Balaban J connectivity index is 2.75. The summed E-state index contributed by atoms with van der Waals surface area (Å²) in [4.78, 5) is 11.5. The molecule has 2 heteroatoms. The van der Waals surface area contributed by atoms with Crippen LogP contribution in [0.3, 0.4) is 0 Å². The molecule has 0 aromatic heterocycles. The largest absolute Gasteiger partial charge is 0.457 e. The summed E-state index contributed by atoms with van der Waals surface area (Å²) < 4.78 is 5.21. The Hall–Kier alpha value is -1.57. The molecule has 16 heavy (non-hydrogen) atoms. The van der Waals surface area contributed by atoms with Gasteiger partial charge in [-0.1, -0.05) is 30.3 Å². The van der Waals surface area contributed by atoms with Crippen LogP contribution >= 0.6 is 0 Å². The summed E-state index contributed by atoms with van der Waals surface area (Å²) in [6.07, 6.45) is 1.53. The van der Waals surface area contributed by atoms with E-state index in [1.165, 1.54) is 6.08 Å². The average Bonchev–Trinajstić information content (AvgIpc) is 2.16. The Morgan fingerprint density at radius 2 is 1.75 bits per heavy atom. The van der Waals surface area contributed by atoms with Crippen molar-refractivity contribution in [3.63, 3.8) is 0 Å². The molecule has 0 amide bonds. The van der Waals surface area contributed by atoms with Gasteiger partial charge >= 0.3 is 5.97 Å². The maximum atomic E-state index is 11.5. The van der Waals surface area contributed by atoms with Gasteiger partial charge in [0.15, 0.2) is 0 Å². The van der Waals surface area contributed by atoms with Gasteiger partial charge in [0.2, 0.25) is 0 Å². The summed E-state index contributed by atoms with van der Waals surface area (Å²) in [5, 5.41) is 0. The normalized spacial score (nSPS) is 12.4. The van der Waals surface area contributed by atoms with Gasteiger partial charge in [-0.05, 0) is 38.8 Å². The van der Waals surface area contributed by atoms with Crippen molar-refractivity contribution >= 4 is 11.5 Å². The first-order valence-corrected chi connectivity index (χ1v) is 5.35. The van der Waals surface area contributed by atoms with Crippen LogP contribution in [0.1, 0.15) is 33.3 Å². The molecule has 1 aromatic rings. The van der Waals surface area contributed by atoms with Crippen molar-refractivity contribution in [2.24, 2.45) is 0 Å². The minimum absolute atomic E-state index is 0.297. The average molecular weight is 218 g/mol. The number of carbonyl (C=O) groups excluding carboxylic acids is 1. The van der Waals surface area contributed by atoms with E-state index in [9.17, 15) is 4.79 Å². The molecule has 0 aliphatic rings. The van der Waals surface area contributed by atoms with Crippen LogP contribution in [-0.4, -0.2) is 11.6 Å². The highest BCUT2D eigenvalue weighted by Gasteiger charge is 2.14. The van der Waals surface area contributed by atoms with Gasteiger partial charge in [0.25, 0.3) is 0 Å².